The highest BCUT2D eigenvalue weighted by Gasteiger charge is 2.17. The molecule has 1 fully saturated rings. The number of nitriles is 1. The molecule has 1 N–H and O–H groups in total. The maximum Gasteiger partial charge on any atom is 0.0992 e. The third-order valence-corrected chi connectivity index (χ3v) is 3.42. The lowest BCUT2D eigenvalue weighted by Gasteiger charge is -2.34. The molecule has 1 atom stereocenters. The molecule has 4 heteroatoms. The van der Waals surface area contributed by atoms with Crippen LogP contribution in [0, 0.1) is 11.3 Å². The fraction of sp³-hybridized carbons (Fsp3) is 0.417. The van der Waals surface area contributed by atoms with Gasteiger partial charge in [-0.3, -0.25) is 0 Å². The molecule has 1 aliphatic heterocycles. The first kappa shape index (κ1) is 11.4. The van der Waals surface area contributed by atoms with Gasteiger partial charge in [-0.15, -0.1) is 0 Å². The maximum atomic E-state index is 8.81. The van der Waals surface area contributed by atoms with Crippen molar-refractivity contribution >= 4 is 21.6 Å². The summed E-state index contributed by atoms with van der Waals surface area (Å²) in [5.41, 5.74) is 1.87. The van der Waals surface area contributed by atoms with Crippen LogP contribution in [0.5, 0.6) is 0 Å². The molecule has 1 aliphatic rings. The number of anilines is 1. The summed E-state index contributed by atoms with van der Waals surface area (Å²) in [6.45, 7) is 5.21. The second kappa shape index (κ2) is 4.86. The molecule has 1 aromatic rings. The summed E-state index contributed by atoms with van der Waals surface area (Å²) >= 11 is 3.53. The van der Waals surface area contributed by atoms with Crippen molar-refractivity contribution in [3.63, 3.8) is 0 Å². The Balaban J connectivity index is 2.23. The van der Waals surface area contributed by atoms with E-state index in [1.807, 2.05) is 18.2 Å². The number of nitrogens with one attached hydrogen (secondary N) is 1. The summed E-state index contributed by atoms with van der Waals surface area (Å²) in [7, 11) is 0. The lowest BCUT2D eigenvalue weighted by atomic mass is 10.1. The molecule has 0 amide bonds. The Morgan fingerprint density at radius 1 is 1.56 bits per heavy atom. The highest BCUT2D eigenvalue weighted by atomic mass is 79.9. The normalized spacial score (nSPS) is 20.6. The van der Waals surface area contributed by atoms with Crippen molar-refractivity contribution in [2.45, 2.75) is 13.0 Å². The van der Waals surface area contributed by atoms with Gasteiger partial charge >= 0.3 is 0 Å². The van der Waals surface area contributed by atoms with Crippen LogP contribution < -0.4 is 10.2 Å². The van der Waals surface area contributed by atoms with Gasteiger partial charge < -0.3 is 10.2 Å². The van der Waals surface area contributed by atoms with E-state index >= 15 is 0 Å². The van der Waals surface area contributed by atoms with Crippen LogP contribution in [0.4, 0.5) is 5.69 Å². The van der Waals surface area contributed by atoms with Crippen LogP contribution in [0.1, 0.15) is 12.5 Å². The third kappa shape index (κ3) is 2.37. The first-order valence-corrected chi connectivity index (χ1v) is 6.18. The van der Waals surface area contributed by atoms with Crippen LogP contribution in [-0.2, 0) is 0 Å². The summed E-state index contributed by atoms with van der Waals surface area (Å²) in [4.78, 5) is 2.34. The summed E-state index contributed by atoms with van der Waals surface area (Å²) in [5.74, 6) is 0. The topological polar surface area (TPSA) is 39.1 Å². The summed E-state index contributed by atoms with van der Waals surface area (Å²) in [5, 5.41) is 12.2. The van der Waals surface area contributed by atoms with Gasteiger partial charge in [0.05, 0.1) is 17.3 Å². The maximum absolute atomic E-state index is 8.81. The standard InChI is InChI=1S/C12H14BrN3/c1-9-8-16(5-4-15-9)12-3-2-10(7-14)6-11(12)13/h2-3,6,9,15H,4-5,8H2,1H3. The van der Waals surface area contributed by atoms with Crippen LogP contribution in [0.2, 0.25) is 0 Å². The second-order valence-corrected chi connectivity index (χ2v) is 4.93. The largest absolute Gasteiger partial charge is 0.368 e. The van der Waals surface area contributed by atoms with Crippen LogP contribution in [0.3, 0.4) is 0 Å². The van der Waals surface area contributed by atoms with Gasteiger partial charge in [-0.25, -0.2) is 0 Å². The zero-order valence-electron chi connectivity index (χ0n) is 9.20. The minimum atomic E-state index is 0.510. The fourth-order valence-electron chi connectivity index (χ4n) is 1.98. The smallest absolute Gasteiger partial charge is 0.0992 e. The Labute approximate surface area is 104 Å². The van der Waals surface area contributed by atoms with E-state index in [1.165, 1.54) is 5.69 Å². The number of rotatable bonds is 1. The van der Waals surface area contributed by atoms with Crippen molar-refractivity contribution in [2.24, 2.45) is 0 Å². The predicted octanol–water partition coefficient (Wildman–Crippen LogP) is 2.12. The van der Waals surface area contributed by atoms with Gasteiger partial charge in [-0.05, 0) is 41.1 Å². The molecule has 0 spiro atoms. The van der Waals surface area contributed by atoms with Crippen molar-refractivity contribution in [1.29, 1.82) is 5.26 Å². The van der Waals surface area contributed by atoms with Gasteiger partial charge in [-0.1, -0.05) is 0 Å². The van der Waals surface area contributed by atoms with Gasteiger partial charge in [0.2, 0.25) is 0 Å². The number of piperazine rings is 1. The van der Waals surface area contributed by atoms with Crippen molar-refractivity contribution in [2.75, 3.05) is 24.5 Å². The monoisotopic (exact) mass is 279 g/mol. The van der Waals surface area contributed by atoms with Gasteiger partial charge in [0.1, 0.15) is 0 Å². The minimum Gasteiger partial charge on any atom is -0.368 e. The van der Waals surface area contributed by atoms with Crippen LogP contribution in [0.25, 0.3) is 0 Å². The van der Waals surface area contributed by atoms with Crippen LogP contribution in [-0.4, -0.2) is 25.7 Å². The lowest BCUT2D eigenvalue weighted by molar-refractivity contribution is 0.484. The Morgan fingerprint density at radius 2 is 2.38 bits per heavy atom. The first-order chi connectivity index (χ1) is 7.70. The van der Waals surface area contributed by atoms with Crippen LogP contribution in [0.15, 0.2) is 22.7 Å². The number of hydrogen-bond acceptors (Lipinski definition) is 3. The summed E-state index contributed by atoms with van der Waals surface area (Å²) in [6.07, 6.45) is 0. The average molecular weight is 280 g/mol. The molecule has 1 unspecified atom stereocenters. The predicted molar refractivity (Wildman–Crippen MR) is 68.5 cm³/mol. The molecular weight excluding hydrogens is 266 g/mol. The molecule has 0 radical (unpaired) electrons. The minimum absolute atomic E-state index is 0.510. The van der Waals surface area contributed by atoms with Gasteiger partial charge in [-0.2, -0.15) is 5.26 Å². The number of benzene rings is 1. The lowest BCUT2D eigenvalue weighted by Crippen LogP contribution is -2.49. The SMILES string of the molecule is CC1CN(c2ccc(C#N)cc2Br)CCN1. The average Bonchev–Trinajstić information content (AvgIpc) is 2.28. The van der Waals surface area contributed by atoms with E-state index in [4.69, 9.17) is 5.26 Å². The van der Waals surface area contributed by atoms with Crippen molar-refractivity contribution in [3.05, 3.63) is 28.2 Å². The molecule has 0 bridgehead atoms. The molecule has 0 saturated carbocycles. The molecule has 1 saturated heterocycles. The number of halogens is 1. The Kier molecular flexibility index (Phi) is 3.47. The zero-order chi connectivity index (χ0) is 11.5. The van der Waals surface area contributed by atoms with Crippen LogP contribution >= 0.6 is 15.9 Å². The zero-order valence-corrected chi connectivity index (χ0v) is 10.8. The van der Waals surface area contributed by atoms with E-state index in [0.29, 0.717) is 11.6 Å². The van der Waals surface area contributed by atoms with E-state index in [2.05, 4.69) is 39.1 Å². The van der Waals surface area contributed by atoms with Crippen molar-refractivity contribution < 1.29 is 0 Å². The van der Waals surface area contributed by atoms with E-state index < -0.39 is 0 Å². The second-order valence-electron chi connectivity index (χ2n) is 4.08. The highest BCUT2D eigenvalue weighted by Crippen LogP contribution is 2.27. The molecule has 0 aromatic heterocycles. The molecule has 2 rings (SSSR count). The highest BCUT2D eigenvalue weighted by molar-refractivity contribution is 9.10. The van der Waals surface area contributed by atoms with Gasteiger partial charge in [0.25, 0.3) is 0 Å². The Morgan fingerprint density at radius 3 is 3.00 bits per heavy atom. The van der Waals surface area contributed by atoms with E-state index in [0.717, 1.165) is 24.1 Å². The molecule has 16 heavy (non-hydrogen) atoms. The van der Waals surface area contributed by atoms with Gasteiger partial charge in [0, 0.05) is 30.1 Å². The molecule has 1 heterocycles. The van der Waals surface area contributed by atoms with E-state index in [-0.39, 0.29) is 0 Å². The molecule has 3 nitrogen and oxygen atoms in total. The molecular formula is C12H14BrN3. The number of nitrogens with zero attached hydrogens (tertiary/aromatic N) is 2. The fourth-order valence-corrected chi connectivity index (χ4v) is 2.61. The molecule has 0 aliphatic carbocycles. The molecule has 84 valence electrons. The first-order valence-electron chi connectivity index (χ1n) is 5.38. The van der Waals surface area contributed by atoms with E-state index in [9.17, 15) is 0 Å². The Bertz CT molecular complexity index is 425. The number of hydrogen-bond donors (Lipinski definition) is 1. The van der Waals surface area contributed by atoms with Crippen molar-refractivity contribution in [3.8, 4) is 6.07 Å². The quantitative estimate of drug-likeness (QED) is 0.856. The van der Waals surface area contributed by atoms with Gasteiger partial charge in [0.15, 0.2) is 0 Å². The Hall–Kier alpha value is -1.05. The third-order valence-electron chi connectivity index (χ3n) is 2.79. The summed E-state index contributed by atoms with van der Waals surface area (Å²) in [6, 6.07) is 8.42. The van der Waals surface area contributed by atoms with Crippen molar-refractivity contribution in [1.82, 2.24) is 5.32 Å². The molecule has 1 aromatic carbocycles. The summed E-state index contributed by atoms with van der Waals surface area (Å²) < 4.78 is 1.00. The van der Waals surface area contributed by atoms with E-state index in [1.54, 1.807) is 0 Å².